The summed E-state index contributed by atoms with van der Waals surface area (Å²) in [6.45, 7) is 5.85. The van der Waals surface area contributed by atoms with E-state index in [0.717, 1.165) is 24.4 Å². The zero-order valence-corrected chi connectivity index (χ0v) is 20.6. The Hall–Kier alpha value is -4.37. The first-order valence-corrected chi connectivity index (χ1v) is 12.6. The zero-order chi connectivity index (χ0) is 24.2. The summed E-state index contributed by atoms with van der Waals surface area (Å²) >= 11 is 0. The van der Waals surface area contributed by atoms with Crippen LogP contribution in [0.1, 0.15) is 22.3 Å². The summed E-state index contributed by atoms with van der Waals surface area (Å²) in [4.78, 5) is 5.41. The molecular weight excluding hydrogens is 438 g/mol. The van der Waals surface area contributed by atoms with Crippen LogP contribution in [0, 0.1) is 13.8 Å². The highest BCUT2D eigenvalue weighted by Gasteiger charge is 2.18. The van der Waals surface area contributed by atoms with Crippen molar-refractivity contribution in [3.05, 3.63) is 125 Å². The van der Waals surface area contributed by atoms with Gasteiger partial charge in [-0.3, -0.25) is 0 Å². The molecule has 0 fully saturated rings. The lowest BCUT2D eigenvalue weighted by atomic mass is 10.1. The van der Waals surface area contributed by atoms with E-state index in [1.807, 2.05) is 0 Å². The molecule has 0 amide bonds. The van der Waals surface area contributed by atoms with Gasteiger partial charge in [-0.1, -0.05) is 96.1 Å². The smallest absolute Gasteiger partial charge is 0.143 e. The molecule has 174 valence electrons. The Balaban J connectivity index is 1.51. The van der Waals surface area contributed by atoms with Gasteiger partial charge >= 0.3 is 0 Å². The Labute approximate surface area is 210 Å². The number of pyridine rings is 1. The summed E-state index contributed by atoms with van der Waals surface area (Å²) in [6, 6.07) is 37.4. The third-order valence-corrected chi connectivity index (χ3v) is 7.39. The van der Waals surface area contributed by atoms with Gasteiger partial charge in [0.25, 0.3) is 0 Å². The van der Waals surface area contributed by atoms with Crippen molar-refractivity contribution >= 4 is 43.9 Å². The number of aryl methyl sites for hydroxylation is 2. The van der Waals surface area contributed by atoms with Crippen LogP contribution in [0.3, 0.4) is 0 Å². The molecule has 3 aromatic heterocycles. The van der Waals surface area contributed by atoms with E-state index in [9.17, 15) is 0 Å². The van der Waals surface area contributed by atoms with Crippen molar-refractivity contribution in [3.63, 3.8) is 0 Å². The number of fused-ring (bicyclic) bond motifs is 6. The number of rotatable bonds is 4. The molecule has 0 atom stereocenters. The molecule has 7 aromatic rings. The average Bonchev–Trinajstić information content (AvgIpc) is 3.38. The third-order valence-electron chi connectivity index (χ3n) is 7.39. The summed E-state index contributed by atoms with van der Waals surface area (Å²) in [7, 11) is 0. The van der Waals surface area contributed by atoms with Crippen molar-refractivity contribution in [3.8, 4) is 0 Å². The van der Waals surface area contributed by atoms with E-state index in [0.29, 0.717) is 0 Å². The fourth-order valence-electron chi connectivity index (χ4n) is 5.48. The predicted molar refractivity (Wildman–Crippen MR) is 151 cm³/mol. The first-order chi connectivity index (χ1) is 17.7. The molecule has 0 aliphatic carbocycles. The van der Waals surface area contributed by atoms with Crippen LogP contribution in [0.15, 0.2) is 103 Å². The van der Waals surface area contributed by atoms with Crippen molar-refractivity contribution < 1.29 is 0 Å². The maximum atomic E-state index is 5.41. The van der Waals surface area contributed by atoms with Crippen LogP contribution in [0.4, 0.5) is 0 Å². The monoisotopic (exact) mass is 465 g/mol. The second kappa shape index (κ2) is 8.10. The van der Waals surface area contributed by atoms with Crippen LogP contribution < -0.4 is 0 Å². The molecule has 0 bridgehead atoms. The molecule has 3 nitrogen and oxygen atoms in total. The highest BCUT2D eigenvalue weighted by molar-refractivity contribution is 6.15. The minimum atomic E-state index is 0.793. The fourth-order valence-corrected chi connectivity index (χ4v) is 5.48. The molecule has 0 saturated carbocycles. The average molecular weight is 466 g/mol. The minimum Gasteiger partial charge on any atom is -0.321 e. The molecule has 0 radical (unpaired) electrons. The van der Waals surface area contributed by atoms with Gasteiger partial charge in [0, 0.05) is 34.6 Å². The summed E-state index contributed by atoms with van der Waals surface area (Å²) in [5.74, 6) is 0. The van der Waals surface area contributed by atoms with Gasteiger partial charge in [0.15, 0.2) is 0 Å². The SMILES string of the molecule is Cc1ccc(Cn2c3ccccc3c3cc4c5ccccc5n(Cc5ccc(C)cc5)c4nc32)cc1. The number of nitrogens with zero attached hydrogens (tertiary/aromatic N) is 3. The predicted octanol–water partition coefficient (Wildman–Crippen LogP) is 8.01. The van der Waals surface area contributed by atoms with Crippen LogP contribution >= 0.6 is 0 Å². The number of para-hydroxylation sites is 2. The molecule has 0 spiro atoms. The normalized spacial score (nSPS) is 11.8. The van der Waals surface area contributed by atoms with Gasteiger partial charge in [0.1, 0.15) is 11.3 Å². The van der Waals surface area contributed by atoms with Crippen LogP contribution in [0.2, 0.25) is 0 Å². The van der Waals surface area contributed by atoms with Crippen molar-refractivity contribution in [2.24, 2.45) is 0 Å². The fraction of sp³-hybridized carbons (Fsp3) is 0.121. The molecular formula is C33H27N3. The molecule has 3 heteroatoms. The van der Waals surface area contributed by atoms with E-state index in [2.05, 4.69) is 126 Å². The van der Waals surface area contributed by atoms with Gasteiger partial charge in [-0.25, -0.2) is 4.98 Å². The molecule has 4 aromatic carbocycles. The largest absolute Gasteiger partial charge is 0.321 e. The minimum absolute atomic E-state index is 0.793. The lowest BCUT2D eigenvalue weighted by Gasteiger charge is -2.10. The molecule has 7 rings (SSSR count). The van der Waals surface area contributed by atoms with Gasteiger partial charge in [0.05, 0.1) is 11.0 Å². The van der Waals surface area contributed by atoms with E-state index in [1.54, 1.807) is 0 Å². The lowest BCUT2D eigenvalue weighted by Crippen LogP contribution is -2.03. The Morgan fingerprint density at radius 1 is 0.500 bits per heavy atom. The van der Waals surface area contributed by atoms with Crippen LogP contribution in [-0.2, 0) is 13.1 Å². The molecule has 0 N–H and O–H groups in total. The number of aromatic nitrogens is 3. The standard InChI is InChI=1S/C33H27N3/c1-22-11-15-24(16-12-22)20-35-30-9-5-3-7-26(30)28-19-29-27-8-4-6-10-31(27)36(33(29)34-32(28)35)21-25-17-13-23(2)14-18-25/h3-19H,20-21H2,1-2H3. The second-order valence-corrected chi connectivity index (χ2v) is 9.91. The van der Waals surface area contributed by atoms with Gasteiger partial charge in [-0.15, -0.1) is 0 Å². The Kier molecular flexibility index (Phi) is 4.71. The molecule has 3 heterocycles. The third kappa shape index (κ3) is 3.31. The summed E-state index contributed by atoms with van der Waals surface area (Å²) < 4.78 is 4.76. The van der Waals surface area contributed by atoms with Crippen molar-refractivity contribution in [2.75, 3.05) is 0 Å². The molecule has 0 aliphatic heterocycles. The lowest BCUT2D eigenvalue weighted by molar-refractivity contribution is 0.839. The van der Waals surface area contributed by atoms with Gasteiger partial charge in [0.2, 0.25) is 0 Å². The van der Waals surface area contributed by atoms with Gasteiger partial charge < -0.3 is 9.13 Å². The summed E-state index contributed by atoms with van der Waals surface area (Å²) in [5.41, 5.74) is 9.65. The summed E-state index contributed by atoms with van der Waals surface area (Å²) in [5, 5.41) is 4.93. The van der Waals surface area contributed by atoms with Crippen molar-refractivity contribution in [1.29, 1.82) is 0 Å². The first-order valence-electron chi connectivity index (χ1n) is 12.6. The quantitative estimate of drug-likeness (QED) is 0.258. The molecule has 36 heavy (non-hydrogen) atoms. The van der Waals surface area contributed by atoms with E-state index in [-0.39, 0.29) is 0 Å². The Morgan fingerprint density at radius 3 is 1.36 bits per heavy atom. The van der Waals surface area contributed by atoms with Crippen LogP contribution in [0.25, 0.3) is 43.9 Å². The van der Waals surface area contributed by atoms with E-state index in [1.165, 1.54) is 54.8 Å². The molecule has 0 unspecified atom stereocenters. The topological polar surface area (TPSA) is 22.8 Å². The second-order valence-electron chi connectivity index (χ2n) is 9.91. The van der Waals surface area contributed by atoms with E-state index < -0.39 is 0 Å². The van der Waals surface area contributed by atoms with Gasteiger partial charge in [-0.05, 0) is 43.2 Å². The van der Waals surface area contributed by atoms with Gasteiger partial charge in [-0.2, -0.15) is 0 Å². The highest BCUT2D eigenvalue weighted by atomic mass is 15.1. The summed E-state index contributed by atoms with van der Waals surface area (Å²) in [6.07, 6.45) is 0. The Bertz CT molecular complexity index is 1750. The van der Waals surface area contributed by atoms with E-state index in [4.69, 9.17) is 4.98 Å². The van der Waals surface area contributed by atoms with Crippen LogP contribution in [0.5, 0.6) is 0 Å². The number of hydrogen-bond acceptors (Lipinski definition) is 1. The number of benzene rings is 4. The molecule has 0 saturated heterocycles. The molecule has 0 aliphatic rings. The van der Waals surface area contributed by atoms with Crippen LogP contribution in [-0.4, -0.2) is 14.1 Å². The van der Waals surface area contributed by atoms with E-state index >= 15 is 0 Å². The zero-order valence-electron chi connectivity index (χ0n) is 20.6. The maximum Gasteiger partial charge on any atom is 0.143 e. The number of hydrogen-bond donors (Lipinski definition) is 0. The van der Waals surface area contributed by atoms with Crippen molar-refractivity contribution in [1.82, 2.24) is 14.1 Å². The maximum absolute atomic E-state index is 5.41. The Morgan fingerprint density at radius 2 is 0.917 bits per heavy atom. The first kappa shape index (κ1) is 21.0. The van der Waals surface area contributed by atoms with Crippen molar-refractivity contribution in [2.45, 2.75) is 26.9 Å². The highest BCUT2D eigenvalue weighted by Crippen LogP contribution is 2.35.